The lowest BCUT2D eigenvalue weighted by Gasteiger charge is -2.26. The fourth-order valence-electron chi connectivity index (χ4n) is 3.30. The smallest absolute Gasteiger partial charge is 0.145 e. The van der Waals surface area contributed by atoms with Crippen molar-refractivity contribution < 1.29 is 0 Å². The van der Waals surface area contributed by atoms with E-state index in [2.05, 4.69) is 61.4 Å². The summed E-state index contributed by atoms with van der Waals surface area (Å²) in [6.07, 6.45) is 9.42. The van der Waals surface area contributed by atoms with Crippen LogP contribution in [-0.4, -0.2) is 32.2 Å². The number of thioether (sulfide) groups is 1. The Labute approximate surface area is 161 Å². The van der Waals surface area contributed by atoms with E-state index in [9.17, 15) is 0 Å². The highest BCUT2D eigenvalue weighted by atomic mass is 32.2. The molecular weight excluding hydrogens is 354 g/mol. The minimum atomic E-state index is 0.867. The van der Waals surface area contributed by atoms with E-state index in [1.807, 2.05) is 36.3 Å². The molecule has 0 saturated heterocycles. The molecule has 6 heteroatoms. The Hall–Kier alpha value is -3.12. The van der Waals surface area contributed by atoms with Gasteiger partial charge in [0.1, 0.15) is 17.8 Å². The monoisotopic (exact) mass is 371 g/mol. The van der Waals surface area contributed by atoms with Gasteiger partial charge in [0.2, 0.25) is 0 Å². The van der Waals surface area contributed by atoms with E-state index < -0.39 is 0 Å². The van der Waals surface area contributed by atoms with Crippen LogP contribution in [0.5, 0.6) is 0 Å². The topological polar surface area (TPSA) is 57.7 Å². The van der Waals surface area contributed by atoms with Crippen LogP contribution in [0.25, 0.3) is 27.1 Å². The van der Waals surface area contributed by atoms with Crippen molar-refractivity contribution in [1.82, 2.24) is 19.9 Å². The first-order valence-corrected chi connectivity index (χ1v) is 9.77. The van der Waals surface area contributed by atoms with Crippen LogP contribution >= 0.6 is 11.8 Å². The van der Waals surface area contributed by atoms with E-state index in [1.165, 1.54) is 16.0 Å². The molecule has 0 radical (unpaired) electrons. The summed E-state index contributed by atoms with van der Waals surface area (Å²) in [5.74, 6) is 1.96. The molecule has 0 saturated carbocycles. The maximum atomic E-state index is 4.53. The number of nitrogens with zero attached hydrogens (tertiary/aromatic N) is 4. The number of hydrogen-bond donors (Lipinski definition) is 1. The number of anilines is 1. The second-order valence-electron chi connectivity index (χ2n) is 6.29. The summed E-state index contributed by atoms with van der Waals surface area (Å²) in [6.45, 7) is 0.924. The predicted molar refractivity (Wildman–Crippen MR) is 111 cm³/mol. The Bertz CT molecular complexity index is 1120. The van der Waals surface area contributed by atoms with Gasteiger partial charge in [-0.1, -0.05) is 24.3 Å². The van der Waals surface area contributed by atoms with Gasteiger partial charge < -0.3 is 9.88 Å². The van der Waals surface area contributed by atoms with Crippen LogP contribution in [0.2, 0.25) is 0 Å². The van der Waals surface area contributed by atoms with Gasteiger partial charge in [-0.2, -0.15) is 0 Å². The van der Waals surface area contributed by atoms with Crippen molar-refractivity contribution in [2.24, 2.45) is 0 Å². The van der Waals surface area contributed by atoms with Crippen LogP contribution in [-0.2, 0) is 0 Å². The summed E-state index contributed by atoms with van der Waals surface area (Å²) in [6, 6.07) is 14.7. The van der Waals surface area contributed by atoms with E-state index in [4.69, 9.17) is 0 Å². The lowest BCUT2D eigenvalue weighted by Crippen LogP contribution is -2.24. The molecule has 5 rings (SSSR count). The van der Waals surface area contributed by atoms with Crippen LogP contribution < -0.4 is 4.90 Å². The molecule has 5 nitrogen and oxygen atoms in total. The first kappa shape index (κ1) is 16.1. The second-order valence-corrected chi connectivity index (χ2v) is 7.43. The molecule has 132 valence electrons. The van der Waals surface area contributed by atoms with E-state index in [-0.39, 0.29) is 0 Å². The number of rotatable bonds is 3. The van der Waals surface area contributed by atoms with Gasteiger partial charge in [0.05, 0.1) is 5.39 Å². The van der Waals surface area contributed by atoms with Crippen molar-refractivity contribution in [1.29, 1.82) is 0 Å². The average Bonchev–Trinajstić information content (AvgIpc) is 3.24. The normalized spacial score (nSPS) is 14.4. The quantitative estimate of drug-likeness (QED) is 0.572. The Kier molecular flexibility index (Phi) is 4.10. The van der Waals surface area contributed by atoms with Crippen LogP contribution in [0.1, 0.15) is 5.56 Å². The molecule has 0 atom stereocenters. The third-order valence-electron chi connectivity index (χ3n) is 4.61. The average molecular weight is 371 g/mol. The first-order valence-electron chi connectivity index (χ1n) is 8.79. The minimum absolute atomic E-state index is 0.867. The van der Waals surface area contributed by atoms with Gasteiger partial charge in [-0.25, -0.2) is 9.97 Å². The van der Waals surface area contributed by atoms with Crippen molar-refractivity contribution in [3.63, 3.8) is 0 Å². The number of aromatic nitrogens is 4. The summed E-state index contributed by atoms with van der Waals surface area (Å²) < 4.78 is 0. The van der Waals surface area contributed by atoms with Crippen molar-refractivity contribution in [3.05, 3.63) is 79.1 Å². The molecule has 1 aromatic carbocycles. The molecule has 1 N–H and O–H groups in total. The molecule has 3 aromatic heterocycles. The lowest BCUT2D eigenvalue weighted by molar-refractivity contribution is 0.988. The van der Waals surface area contributed by atoms with Crippen LogP contribution in [0.15, 0.2) is 73.6 Å². The maximum absolute atomic E-state index is 4.53. The summed E-state index contributed by atoms with van der Waals surface area (Å²) >= 11 is 1.88. The SMILES string of the molecule is C1=C(c2cccc(-c3cccnc3)c2)SCCN1c1ncnc2[nH]ccc12. The number of nitrogens with one attached hydrogen (secondary N) is 1. The van der Waals surface area contributed by atoms with Gasteiger partial charge in [0, 0.05) is 47.6 Å². The number of aromatic amines is 1. The summed E-state index contributed by atoms with van der Waals surface area (Å²) in [7, 11) is 0. The molecule has 0 bridgehead atoms. The standard InChI is InChI=1S/C21H17N5S/c1-3-15(17-5-2-7-22-12-17)11-16(4-1)19-13-26(9-10-27-19)21-18-6-8-23-20(18)24-14-25-21/h1-8,11-14H,9-10H2,(H,23,24,25). The highest BCUT2D eigenvalue weighted by Crippen LogP contribution is 2.35. The van der Waals surface area contributed by atoms with E-state index in [0.717, 1.165) is 34.7 Å². The van der Waals surface area contributed by atoms with E-state index in [0.29, 0.717) is 0 Å². The van der Waals surface area contributed by atoms with E-state index >= 15 is 0 Å². The summed E-state index contributed by atoms with van der Waals surface area (Å²) in [5.41, 5.74) is 4.38. The third kappa shape index (κ3) is 3.08. The van der Waals surface area contributed by atoms with Gasteiger partial charge in [0.25, 0.3) is 0 Å². The van der Waals surface area contributed by atoms with Crippen LogP contribution in [0, 0.1) is 0 Å². The first-order chi connectivity index (χ1) is 13.4. The molecule has 4 heterocycles. The zero-order chi connectivity index (χ0) is 18.1. The fraction of sp³-hybridized carbons (Fsp3) is 0.0952. The molecule has 0 fully saturated rings. The minimum Gasteiger partial charge on any atom is -0.346 e. The Morgan fingerprint density at radius 1 is 1.00 bits per heavy atom. The molecule has 1 aliphatic heterocycles. The third-order valence-corrected chi connectivity index (χ3v) is 5.65. The Balaban J connectivity index is 1.53. The van der Waals surface area contributed by atoms with Gasteiger partial charge in [-0.05, 0) is 29.3 Å². The molecule has 4 aromatic rings. The molecule has 27 heavy (non-hydrogen) atoms. The number of fused-ring (bicyclic) bond motifs is 1. The Morgan fingerprint density at radius 3 is 2.85 bits per heavy atom. The number of H-pyrrole nitrogens is 1. The van der Waals surface area contributed by atoms with Crippen molar-refractivity contribution in [2.75, 3.05) is 17.2 Å². The fourth-order valence-corrected chi connectivity index (χ4v) is 4.30. The second kappa shape index (κ2) is 6.89. The number of pyridine rings is 1. The van der Waals surface area contributed by atoms with Gasteiger partial charge in [-0.3, -0.25) is 4.98 Å². The number of hydrogen-bond acceptors (Lipinski definition) is 5. The number of benzene rings is 1. The highest BCUT2D eigenvalue weighted by molar-refractivity contribution is 8.08. The predicted octanol–water partition coefficient (Wildman–Crippen LogP) is 4.57. The summed E-state index contributed by atoms with van der Waals surface area (Å²) in [5, 5.41) is 1.05. The van der Waals surface area contributed by atoms with Gasteiger partial charge in [0.15, 0.2) is 0 Å². The Morgan fingerprint density at radius 2 is 1.93 bits per heavy atom. The van der Waals surface area contributed by atoms with Gasteiger partial charge >= 0.3 is 0 Å². The van der Waals surface area contributed by atoms with Crippen LogP contribution in [0.3, 0.4) is 0 Å². The van der Waals surface area contributed by atoms with Gasteiger partial charge in [-0.15, -0.1) is 11.8 Å². The zero-order valence-corrected chi connectivity index (χ0v) is 15.4. The molecule has 0 amide bonds. The zero-order valence-electron chi connectivity index (χ0n) is 14.5. The molecule has 1 aliphatic rings. The van der Waals surface area contributed by atoms with Crippen molar-refractivity contribution >= 4 is 33.5 Å². The maximum Gasteiger partial charge on any atom is 0.145 e. The molecule has 0 spiro atoms. The van der Waals surface area contributed by atoms with Crippen molar-refractivity contribution in [2.45, 2.75) is 0 Å². The van der Waals surface area contributed by atoms with Crippen LogP contribution in [0.4, 0.5) is 5.82 Å². The highest BCUT2D eigenvalue weighted by Gasteiger charge is 2.17. The molecule has 0 aliphatic carbocycles. The van der Waals surface area contributed by atoms with Crippen molar-refractivity contribution in [3.8, 4) is 11.1 Å². The largest absolute Gasteiger partial charge is 0.346 e. The lowest BCUT2D eigenvalue weighted by atomic mass is 10.0. The molecule has 0 unspecified atom stereocenters. The summed E-state index contributed by atoms with van der Waals surface area (Å²) in [4.78, 5) is 19.7. The molecular formula is C21H17N5S. The van der Waals surface area contributed by atoms with E-state index in [1.54, 1.807) is 12.5 Å².